The summed E-state index contributed by atoms with van der Waals surface area (Å²) in [5.41, 5.74) is 6.38. The zero-order chi connectivity index (χ0) is 13.8. The highest BCUT2D eigenvalue weighted by Gasteiger charge is 2.27. The summed E-state index contributed by atoms with van der Waals surface area (Å²) in [7, 11) is 0. The number of allylic oxidation sites excluding steroid dienone is 2. The van der Waals surface area contributed by atoms with Crippen LogP contribution in [-0.4, -0.2) is 34.5 Å². The predicted molar refractivity (Wildman–Crippen MR) is 69.6 cm³/mol. The van der Waals surface area contributed by atoms with Gasteiger partial charge in [-0.3, -0.25) is 4.90 Å². The van der Waals surface area contributed by atoms with E-state index in [1.807, 2.05) is 26.8 Å². The number of nitrogens with zero attached hydrogens (tertiary/aromatic N) is 1. The molecule has 1 unspecified atom stereocenters. The molecule has 0 aliphatic carbocycles. The summed E-state index contributed by atoms with van der Waals surface area (Å²) < 4.78 is 5.28. The van der Waals surface area contributed by atoms with Gasteiger partial charge in [0.2, 0.25) is 0 Å². The van der Waals surface area contributed by atoms with Crippen molar-refractivity contribution in [1.82, 2.24) is 4.90 Å². The van der Waals surface area contributed by atoms with Crippen LogP contribution in [0.15, 0.2) is 23.9 Å². The number of nitrogens with two attached hydrogens (primary N) is 1. The van der Waals surface area contributed by atoms with Crippen molar-refractivity contribution in [2.75, 3.05) is 6.61 Å². The number of aliphatic hydroxyl groups is 1. The second-order valence-electron chi connectivity index (χ2n) is 5.24. The molecular formula is C13H22N2O3. The summed E-state index contributed by atoms with van der Waals surface area (Å²) in [5, 5.41) is 8.82. The quantitative estimate of drug-likeness (QED) is 0.804. The molecule has 0 aromatic carbocycles. The standard InChI is InChI=1S/C13H22N2O3/c1-13(2,3)18-12(17)15-8-4-6-10(11(15)14)7-5-9-16/h4,6,8,11,16H,5,7,9,14H2,1-3H3. The fourth-order valence-corrected chi connectivity index (χ4v) is 1.63. The summed E-state index contributed by atoms with van der Waals surface area (Å²) in [5.74, 6) is 0. The van der Waals surface area contributed by atoms with E-state index in [0.29, 0.717) is 12.8 Å². The fraction of sp³-hybridized carbons (Fsp3) is 0.615. The van der Waals surface area contributed by atoms with E-state index in [1.54, 1.807) is 12.3 Å². The van der Waals surface area contributed by atoms with Gasteiger partial charge in [0.1, 0.15) is 11.8 Å². The maximum absolute atomic E-state index is 11.9. The molecule has 0 radical (unpaired) electrons. The van der Waals surface area contributed by atoms with Crippen molar-refractivity contribution in [3.05, 3.63) is 23.9 Å². The van der Waals surface area contributed by atoms with E-state index in [2.05, 4.69) is 0 Å². The lowest BCUT2D eigenvalue weighted by Crippen LogP contribution is -2.46. The zero-order valence-electron chi connectivity index (χ0n) is 11.2. The Kier molecular flexibility index (Phi) is 4.93. The van der Waals surface area contributed by atoms with Gasteiger partial charge < -0.3 is 15.6 Å². The Hall–Kier alpha value is -1.33. The average Bonchev–Trinajstić information content (AvgIpc) is 2.25. The average molecular weight is 254 g/mol. The van der Waals surface area contributed by atoms with Gasteiger partial charge >= 0.3 is 6.09 Å². The topological polar surface area (TPSA) is 75.8 Å². The number of carbonyl (C=O) groups is 1. The SMILES string of the molecule is CC(C)(C)OC(=O)N1C=CC=C(CCCO)C1N. The van der Waals surface area contributed by atoms with Gasteiger partial charge in [-0.1, -0.05) is 6.08 Å². The summed E-state index contributed by atoms with van der Waals surface area (Å²) in [6.45, 7) is 5.55. The van der Waals surface area contributed by atoms with Crippen LogP contribution in [-0.2, 0) is 4.74 Å². The van der Waals surface area contributed by atoms with Gasteiger partial charge in [0.05, 0.1) is 0 Å². The molecule has 0 aromatic rings. The van der Waals surface area contributed by atoms with Crippen LogP contribution in [0.4, 0.5) is 4.79 Å². The minimum Gasteiger partial charge on any atom is -0.443 e. The van der Waals surface area contributed by atoms with Crippen molar-refractivity contribution in [1.29, 1.82) is 0 Å². The minimum absolute atomic E-state index is 0.111. The Morgan fingerprint density at radius 2 is 2.22 bits per heavy atom. The van der Waals surface area contributed by atoms with Crippen molar-refractivity contribution in [2.24, 2.45) is 5.73 Å². The maximum atomic E-state index is 11.9. The molecule has 1 amide bonds. The third-order valence-corrected chi connectivity index (χ3v) is 2.46. The molecule has 5 nitrogen and oxygen atoms in total. The van der Waals surface area contributed by atoms with Crippen LogP contribution >= 0.6 is 0 Å². The first-order valence-electron chi connectivity index (χ1n) is 6.10. The summed E-state index contributed by atoms with van der Waals surface area (Å²) in [6, 6.07) is 0. The molecule has 0 saturated carbocycles. The molecule has 0 saturated heterocycles. The van der Waals surface area contributed by atoms with E-state index in [4.69, 9.17) is 15.6 Å². The van der Waals surface area contributed by atoms with Crippen molar-refractivity contribution < 1.29 is 14.6 Å². The number of amides is 1. The molecule has 0 aromatic heterocycles. The fourth-order valence-electron chi connectivity index (χ4n) is 1.63. The van der Waals surface area contributed by atoms with E-state index >= 15 is 0 Å². The van der Waals surface area contributed by atoms with Gasteiger partial charge in [-0.05, 0) is 45.3 Å². The molecule has 1 aliphatic heterocycles. The van der Waals surface area contributed by atoms with E-state index in [1.165, 1.54) is 4.90 Å². The van der Waals surface area contributed by atoms with Crippen LogP contribution in [0.25, 0.3) is 0 Å². The van der Waals surface area contributed by atoms with Crippen LogP contribution in [0.1, 0.15) is 33.6 Å². The Morgan fingerprint density at radius 3 is 2.78 bits per heavy atom. The Labute approximate surface area is 108 Å². The van der Waals surface area contributed by atoms with Gasteiger partial charge in [-0.15, -0.1) is 0 Å². The Balaban J connectivity index is 2.67. The number of ether oxygens (including phenoxy) is 1. The number of hydrogen-bond donors (Lipinski definition) is 2. The molecule has 0 fully saturated rings. The highest BCUT2D eigenvalue weighted by atomic mass is 16.6. The summed E-state index contributed by atoms with van der Waals surface area (Å²) >= 11 is 0. The lowest BCUT2D eigenvalue weighted by Gasteiger charge is -2.32. The smallest absolute Gasteiger partial charge is 0.415 e. The molecule has 1 atom stereocenters. The first-order valence-corrected chi connectivity index (χ1v) is 6.10. The number of hydrogen-bond acceptors (Lipinski definition) is 4. The highest BCUT2D eigenvalue weighted by Crippen LogP contribution is 2.20. The largest absolute Gasteiger partial charge is 0.443 e. The van der Waals surface area contributed by atoms with E-state index < -0.39 is 17.9 Å². The molecular weight excluding hydrogens is 232 g/mol. The lowest BCUT2D eigenvalue weighted by molar-refractivity contribution is 0.0289. The second kappa shape index (κ2) is 6.02. The van der Waals surface area contributed by atoms with Crippen LogP contribution in [0.5, 0.6) is 0 Å². The van der Waals surface area contributed by atoms with Crippen molar-refractivity contribution >= 4 is 6.09 Å². The summed E-state index contributed by atoms with van der Waals surface area (Å²) in [4.78, 5) is 13.3. The van der Waals surface area contributed by atoms with Gasteiger partial charge in [0.25, 0.3) is 0 Å². The predicted octanol–water partition coefficient (Wildman–Crippen LogP) is 1.73. The van der Waals surface area contributed by atoms with Crippen molar-refractivity contribution in [2.45, 2.75) is 45.4 Å². The lowest BCUT2D eigenvalue weighted by atomic mass is 10.0. The Morgan fingerprint density at radius 1 is 1.56 bits per heavy atom. The number of aliphatic hydroxyl groups excluding tert-OH is 1. The van der Waals surface area contributed by atoms with Gasteiger partial charge in [0, 0.05) is 12.8 Å². The first-order chi connectivity index (χ1) is 8.35. The van der Waals surface area contributed by atoms with Crippen molar-refractivity contribution in [3.63, 3.8) is 0 Å². The molecule has 3 N–H and O–H groups in total. The Bertz CT molecular complexity index is 356. The second-order valence-corrected chi connectivity index (χ2v) is 5.24. The van der Waals surface area contributed by atoms with Crippen LogP contribution in [0, 0.1) is 0 Å². The molecule has 1 heterocycles. The minimum atomic E-state index is -0.545. The molecule has 1 rings (SSSR count). The van der Waals surface area contributed by atoms with E-state index in [0.717, 1.165) is 5.57 Å². The van der Waals surface area contributed by atoms with E-state index in [9.17, 15) is 4.79 Å². The highest BCUT2D eigenvalue weighted by molar-refractivity contribution is 5.70. The van der Waals surface area contributed by atoms with Crippen molar-refractivity contribution in [3.8, 4) is 0 Å². The molecule has 1 aliphatic rings. The van der Waals surface area contributed by atoms with Crippen LogP contribution in [0.2, 0.25) is 0 Å². The zero-order valence-corrected chi connectivity index (χ0v) is 11.2. The molecule has 0 spiro atoms. The molecule has 0 bridgehead atoms. The van der Waals surface area contributed by atoms with Gasteiger partial charge in [0.15, 0.2) is 0 Å². The van der Waals surface area contributed by atoms with Crippen LogP contribution < -0.4 is 5.73 Å². The van der Waals surface area contributed by atoms with E-state index in [-0.39, 0.29) is 6.61 Å². The molecule has 102 valence electrons. The molecule has 5 heteroatoms. The third-order valence-electron chi connectivity index (χ3n) is 2.46. The number of rotatable bonds is 3. The molecule has 18 heavy (non-hydrogen) atoms. The monoisotopic (exact) mass is 254 g/mol. The third kappa shape index (κ3) is 4.16. The van der Waals surface area contributed by atoms with Crippen LogP contribution in [0.3, 0.4) is 0 Å². The van der Waals surface area contributed by atoms with Gasteiger partial charge in [-0.25, -0.2) is 4.79 Å². The maximum Gasteiger partial charge on any atom is 0.415 e. The van der Waals surface area contributed by atoms with Gasteiger partial charge in [-0.2, -0.15) is 0 Å². The summed E-state index contributed by atoms with van der Waals surface area (Å²) in [6.07, 6.45) is 5.58. The normalized spacial score (nSPS) is 19.7. The first kappa shape index (κ1) is 14.7. The number of carbonyl (C=O) groups excluding carboxylic acids is 1.